The summed E-state index contributed by atoms with van der Waals surface area (Å²) in [7, 11) is -3.56. The number of halogens is 1. The Bertz CT molecular complexity index is 1460. The van der Waals surface area contributed by atoms with Crippen LogP contribution in [0.15, 0.2) is 64.3 Å². The van der Waals surface area contributed by atoms with Gasteiger partial charge in [-0.25, -0.2) is 22.5 Å². The number of sulfonamides is 1. The molecule has 5 rings (SSSR count). The van der Waals surface area contributed by atoms with Crippen molar-refractivity contribution in [2.75, 3.05) is 13.1 Å². The predicted octanol–water partition coefficient (Wildman–Crippen LogP) is 2.27. The lowest BCUT2D eigenvalue weighted by atomic mass is 9.97. The van der Waals surface area contributed by atoms with Gasteiger partial charge in [0.25, 0.3) is 5.56 Å². The second-order valence-electron chi connectivity index (χ2n) is 7.99. The standard InChI is InChI=1S/C22H21FN6O3S/c23-17-6-4-5-15(13-17)14-29-21-19(26-27-29)22(30)25-20(24-21)16-9-11-28(12-10-16)33(31,32)18-7-2-1-3-8-18/h1-8,13,16H,9-12,14H2,(H,24,25,30). The number of fused-ring (bicyclic) bond motifs is 1. The maximum absolute atomic E-state index is 13.5. The molecule has 1 fully saturated rings. The average Bonchev–Trinajstić information content (AvgIpc) is 3.23. The number of aromatic amines is 1. The molecule has 0 saturated carbocycles. The van der Waals surface area contributed by atoms with Crippen LogP contribution in [-0.2, 0) is 16.6 Å². The van der Waals surface area contributed by atoms with E-state index in [1.165, 1.54) is 21.1 Å². The minimum absolute atomic E-state index is 0.109. The molecule has 2 aromatic carbocycles. The largest absolute Gasteiger partial charge is 0.308 e. The van der Waals surface area contributed by atoms with Gasteiger partial charge in [-0.3, -0.25) is 4.79 Å². The highest BCUT2D eigenvalue weighted by Crippen LogP contribution is 2.29. The molecule has 0 aliphatic carbocycles. The van der Waals surface area contributed by atoms with E-state index >= 15 is 0 Å². The third-order valence-electron chi connectivity index (χ3n) is 5.83. The lowest BCUT2D eigenvalue weighted by molar-refractivity contribution is 0.313. The molecule has 1 aliphatic heterocycles. The molecular weight excluding hydrogens is 447 g/mol. The first kappa shape index (κ1) is 21.4. The van der Waals surface area contributed by atoms with Gasteiger partial charge < -0.3 is 4.98 Å². The molecule has 0 radical (unpaired) electrons. The molecule has 1 N–H and O–H groups in total. The first-order valence-corrected chi connectivity index (χ1v) is 12.0. The Morgan fingerprint density at radius 1 is 1.06 bits per heavy atom. The molecule has 0 unspecified atom stereocenters. The van der Waals surface area contributed by atoms with Crippen LogP contribution in [0.1, 0.15) is 30.1 Å². The van der Waals surface area contributed by atoms with E-state index in [0.29, 0.717) is 43.0 Å². The number of benzene rings is 2. The van der Waals surface area contributed by atoms with E-state index in [1.807, 2.05) is 0 Å². The van der Waals surface area contributed by atoms with Gasteiger partial charge in [0, 0.05) is 19.0 Å². The van der Waals surface area contributed by atoms with Crippen molar-refractivity contribution in [3.8, 4) is 0 Å². The van der Waals surface area contributed by atoms with E-state index in [2.05, 4.69) is 20.3 Å². The minimum Gasteiger partial charge on any atom is -0.308 e. The van der Waals surface area contributed by atoms with Crippen molar-refractivity contribution in [3.63, 3.8) is 0 Å². The molecule has 4 aromatic rings. The summed E-state index contributed by atoms with van der Waals surface area (Å²) in [5.41, 5.74) is 0.696. The van der Waals surface area contributed by atoms with Crippen molar-refractivity contribution in [2.24, 2.45) is 0 Å². The van der Waals surface area contributed by atoms with Crippen molar-refractivity contribution in [1.82, 2.24) is 29.3 Å². The monoisotopic (exact) mass is 468 g/mol. The molecular formula is C22H21FN6O3S. The molecule has 0 amide bonds. The van der Waals surface area contributed by atoms with Crippen molar-refractivity contribution in [1.29, 1.82) is 0 Å². The lowest BCUT2D eigenvalue weighted by Gasteiger charge is -2.30. The second kappa shape index (κ2) is 8.49. The summed E-state index contributed by atoms with van der Waals surface area (Å²) in [6, 6.07) is 14.5. The van der Waals surface area contributed by atoms with Crippen LogP contribution in [0.2, 0.25) is 0 Å². The molecule has 1 saturated heterocycles. The number of nitrogens with zero attached hydrogens (tertiary/aromatic N) is 5. The van der Waals surface area contributed by atoms with Crippen LogP contribution >= 0.6 is 0 Å². The van der Waals surface area contributed by atoms with E-state index in [-0.39, 0.29) is 28.7 Å². The molecule has 170 valence electrons. The lowest BCUT2D eigenvalue weighted by Crippen LogP contribution is -2.38. The molecule has 1 aliphatic rings. The average molecular weight is 469 g/mol. The van der Waals surface area contributed by atoms with Gasteiger partial charge in [-0.15, -0.1) is 5.10 Å². The number of piperidine rings is 1. The van der Waals surface area contributed by atoms with Crippen LogP contribution in [0.25, 0.3) is 11.2 Å². The van der Waals surface area contributed by atoms with Crippen LogP contribution in [-0.4, -0.2) is 50.8 Å². The predicted molar refractivity (Wildman–Crippen MR) is 119 cm³/mol. The normalized spacial score (nSPS) is 15.8. The molecule has 0 spiro atoms. The molecule has 0 bridgehead atoms. The number of nitrogens with one attached hydrogen (secondary N) is 1. The highest BCUT2D eigenvalue weighted by atomic mass is 32.2. The topological polar surface area (TPSA) is 114 Å². The van der Waals surface area contributed by atoms with Gasteiger partial charge in [0.15, 0.2) is 11.2 Å². The van der Waals surface area contributed by atoms with E-state index in [0.717, 1.165) is 0 Å². The Kier molecular flexibility index (Phi) is 5.51. The summed E-state index contributed by atoms with van der Waals surface area (Å²) < 4.78 is 42.2. The molecule has 0 atom stereocenters. The number of H-pyrrole nitrogens is 1. The van der Waals surface area contributed by atoms with Gasteiger partial charge in [0.05, 0.1) is 11.4 Å². The summed E-state index contributed by atoms with van der Waals surface area (Å²) in [5.74, 6) is 0.00882. The smallest absolute Gasteiger partial charge is 0.281 e. The summed E-state index contributed by atoms with van der Waals surface area (Å²) in [6.07, 6.45) is 1.04. The quantitative estimate of drug-likeness (QED) is 0.481. The maximum atomic E-state index is 13.5. The van der Waals surface area contributed by atoms with Crippen LogP contribution in [0.3, 0.4) is 0 Å². The number of hydrogen-bond acceptors (Lipinski definition) is 6. The summed E-state index contributed by atoms with van der Waals surface area (Å²) >= 11 is 0. The first-order chi connectivity index (χ1) is 15.9. The fraction of sp³-hybridized carbons (Fsp3) is 0.273. The molecule has 3 heterocycles. The zero-order chi connectivity index (χ0) is 23.0. The molecule has 33 heavy (non-hydrogen) atoms. The van der Waals surface area contributed by atoms with Gasteiger partial charge in [-0.1, -0.05) is 35.5 Å². The van der Waals surface area contributed by atoms with E-state index in [4.69, 9.17) is 0 Å². The van der Waals surface area contributed by atoms with Crippen molar-refractivity contribution in [3.05, 3.63) is 82.2 Å². The van der Waals surface area contributed by atoms with Gasteiger partial charge in [-0.2, -0.15) is 4.31 Å². The zero-order valence-electron chi connectivity index (χ0n) is 17.6. The second-order valence-corrected chi connectivity index (χ2v) is 9.93. The first-order valence-electron chi connectivity index (χ1n) is 10.5. The Balaban J connectivity index is 1.38. The van der Waals surface area contributed by atoms with Crippen molar-refractivity contribution >= 4 is 21.2 Å². The van der Waals surface area contributed by atoms with E-state index in [1.54, 1.807) is 42.5 Å². The van der Waals surface area contributed by atoms with Gasteiger partial charge in [0.2, 0.25) is 10.0 Å². The van der Waals surface area contributed by atoms with Crippen LogP contribution in [0, 0.1) is 5.82 Å². The fourth-order valence-corrected chi connectivity index (χ4v) is 5.59. The number of rotatable bonds is 5. The SMILES string of the molecule is O=c1[nH]c(C2CCN(S(=O)(=O)c3ccccc3)CC2)nc2c1nnn2Cc1cccc(F)c1. The highest BCUT2D eigenvalue weighted by Gasteiger charge is 2.31. The van der Waals surface area contributed by atoms with Crippen molar-refractivity contribution in [2.45, 2.75) is 30.2 Å². The van der Waals surface area contributed by atoms with E-state index < -0.39 is 15.6 Å². The van der Waals surface area contributed by atoms with Crippen LogP contribution in [0.5, 0.6) is 0 Å². The van der Waals surface area contributed by atoms with Gasteiger partial charge >= 0.3 is 0 Å². The molecule has 2 aromatic heterocycles. The maximum Gasteiger partial charge on any atom is 0.281 e. The van der Waals surface area contributed by atoms with Crippen LogP contribution in [0.4, 0.5) is 4.39 Å². The van der Waals surface area contributed by atoms with Crippen molar-refractivity contribution < 1.29 is 12.8 Å². The third-order valence-corrected chi connectivity index (χ3v) is 7.75. The minimum atomic E-state index is -3.56. The number of hydrogen-bond donors (Lipinski definition) is 1. The summed E-state index contributed by atoms with van der Waals surface area (Å²) in [6.45, 7) is 0.868. The van der Waals surface area contributed by atoms with E-state index in [9.17, 15) is 17.6 Å². The Morgan fingerprint density at radius 2 is 1.82 bits per heavy atom. The number of aromatic nitrogens is 5. The molecule has 11 heteroatoms. The Labute approximate surface area is 188 Å². The fourth-order valence-electron chi connectivity index (χ4n) is 4.10. The van der Waals surface area contributed by atoms with Gasteiger partial charge in [-0.05, 0) is 42.7 Å². The van der Waals surface area contributed by atoms with Crippen LogP contribution < -0.4 is 5.56 Å². The third kappa shape index (κ3) is 4.16. The van der Waals surface area contributed by atoms with Gasteiger partial charge in [0.1, 0.15) is 11.6 Å². The Morgan fingerprint density at radius 3 is 2.55 bits per heavy atom. The highest BCUT2D eigenvalue weighted by molar-refractivity contribution is 7.89. The Hall–Kier alpha value is -3.44. The summed E-state index contributed by atoms with van der Waals surface area (Å²) in [5, 5.41) is 7.95. The zero-order valence-corrected chi connectivity index (χ0v) is 18.4. The summed E-state index contributed by atoms with van der Waals surface area (Å²) in [4.78, 5) is 20.2. The molecule has 9 nitrogen and oxygen atoms in total.